The van der Waals surface area contributed by atoms with Gasteiger partial charge in [0.1, 0.15) is 6.29 Å². The number of hydrogen-bond acceptors (Lipinski definition) is 5. The van der Waals surface area contributed by atoms with E-state index in [-0.39, 0.29) is 23.3 Å². The van der Waals surface area contributed by atoms with Gasteiger partial charge in [-0.1, -0.05) is 6.07 Å². The number of carbonyl (C=O) groups excluding carboxylic acids is 3. The summed E-state index contributed by atoms with van der Waals surface area (Å²) in [5.74, 6) is -3.17. The Morgan fingerprint density at radius 1 is 1.53 bits per heavy atom. The quantitative estimate of drug-likeness (QED) is 0.471. The SMILES string of the molecule is CCOC(=O)C(C(N)=O)c1cc(C#N)ccc1C=O. The zero-order chi connectivity index (χ0) is 14.4. The highest BCUT2D eigenvalue weighted by molar-refractivity contribution is 6.04. The molecule has 0 spiro atoms. The number of nitrogens with two attached hydrogens (primary N) is 1. The van der Waals surface area contributed by atoms with Gasteiger partial charge in [0.15, 0.2) is 5.92 Å². The molecule has 19 heavy (non-hydrogen) atoms. The Hall–Kier alpha value is -2.68. The average molecular weight is 260 g/mol. The van der Waals surface area contributed by atoms with Crippen molar-refractivity contribution in [3.8, 4) is 6.07 Å². The van der Waals surface area contributed by atoms with Crippen LogP contribution < -0.4 is 5.73 Å². The predicted octanol–water partition coefficient (Wildman–Crippen LogP) is 0.503. The van der Waals surface area contributed by atoms with Gasteiger partial charge in [0.25, 0.3) is 0 Å². The lowest BCUT2D eigenvalue weighted by Crippen LogP contribution is -2.30. The van der Waals surface area contributed by atoms with Gasteiger partial charge in [-0.05, 0) is 24.6 Å². The van der Waals surface area contributed by atoms with Crippen molar-refractivity contribution < 1.29 is 19.1 Å². The van der Waals surface area contributed by atoms with Crippen molar-refractivity contribution in [2.75, 3.05) is 6.61 Å². The summed E-state index contributed by atoms with van der Waals surface area (Å²) in [5.41, 5.74) is 5.60. The third-order valence-electron chi connectivity index (χ3n) is 2.46. The van der Waals surface area contributed by atoms with E-state index < -0.39 is 17.8 Å². The van der Waals surface area contributed by atoms with Gasteiger partial charge < -0.3 is 10.5 Å². The van der Waals surface area contributed by atoms with Crippen molar-refractivity contribution in [3.05, 3.63) is 34.9 Å². The second-order valence-corrected chi connectivity index (χ2v) is 3.66. The number of carbonyl (C=O) groups is 3. The maximum Gasteiger partial charge on any atom is 0.323 e. The Morgan fingerprint density at radius 2 is 2.21 bits per heavy atom. The first-order valence-corrected chi connectivity index (χ1v) is 5.50. The van der Waals surface area contributed by atoms with Gasteiger partial charge in [-0.3, -0.25) is 14.4 Å². The molecule has 0 radical (unpaired) electrons. The zero-order valence-electron chi connectivity index (χ0n) is 10.3. The number of rotatable bonds is 5. The number of nitriles is 1. The first kappa shape index (κ1) is 14.4. The van der Waals surface area contributed by atoms with E-state index in [0.717, 1.165) is 0 Å². The maximum absolute atomic E-state index is 11.7. The standard InChI is InChI=1S/C13H12N2O4/c1-2-19-13(18)11(12(15)17)10-5-8(6-14)3-4-9(10)7-16/h3-5,7,11H,2H2,1H3,(H2,15,17). The number of aldehydes is 1. The smallest absolute Gasteiger partial charge is 0.323 e. The topological polar surface area (TPSA) is 110 Å². The molecule has 0 aliphatic heterocycles. The van der Waals surface area contributed by atoms with E-state index >= 15 is 0 Å². The van der Waals surface area contributed by atoms with Crippen molar-refractivity contribution in [2.24, 2.45) is 5.73 Å². The van der Waals surface area contributed by atoms with E-state index in [1.807, 2.05) is 6.07 Å². The van der Waals surface area contributed by atoms with Crippen molar-refractivity contribution in [1.82, 2.24) is 0 Å². The highest BCUT2D eigenvalue weighted by Crippen LogP contribution is 2.22. The third kappa shape index (κ3) is 3.16. The summed E-state index contributed by atoms with van der Waals surface area (Å²) in [7, 11) is 0. The van der Waals surface area contributed by atoms with Crippen LogP contribution in [0, 0.1) is 11.3 Å². The first-order chi connectivity index (χ1) is 9.04. The number of benzene rings is 1. The maximum atomic E-state index is 11.7. The molecule has 6 nitrogen and oxygen atoms in total. The Labute approximate surface area is 109 Å². The van der Waals surface area contributed by atoms with Crippen LogP contribution in [0.1, 0.15) is 34.3 Å². The molecule has 1 rings (SSSR count). The van der Waals surface area contributed by atoms with E-state index in [0.29, 0.717) is 6.29 Å². The first-order valence-electron chi connectivity index (χ1n) is 5.50. The summed E-state index contributed by atoms with van der Waals surface area (Å²) in [4.78, 5) is 34.1. The second-order valence-electron chi connectivity index (χ2n) is 3.66. The fraction of sp³-hybridized carbons (Fsp3) is 0.231. The molecule has 0 heterocycles. The lowest BCUT2D eigenvalue weighted by atomic mass is 9.92. The third-order valence-corrected chi connectivity index (χ3v) is 2.46. The van der Waals surface area contributed by atoms with Gasteiger partial charge in [-0.25, -0.2) is 0 Å². The molecule has 0 saturated heterocycles. The van der Waals surface area contributed by atoms with Crippen molar-refractivity contribution in [2.45, 2.75) is 12.8 Å². The fourth-order valence-corrected chi connectivity index (χ4v) is 1.62. The summed E-state index contributed by atoms with van der Waals surface area (Å²) in [6.45, 7) is 1.67. The molecule has 0 aliphatic carbocycles. The Kier molecular flexibility index (Phi) is 4.77. The largest absolute Gasteiger partial charge is 0.465 e. The van der Waals surface area contributed by atoms with Gasteiger partial charge >= 0.3 is 5.97 Å². The number of ether oxygens (including phenoxy) is 1. The van der Waals surface area contributed by atoms with E-state index in [1.54, 1.807) is 6.92 Å². The molecule has 0 saturated carbocycles. The number of esters is 1. The Balaban J connectivity index is 3.36. The molecule has 0 fully saturated rings. The van der Waals surface area contributed by atoms with Gasteiger partial charge in [0.05, 0.1) is 18.2 Å². The highest BCUT2D eigenvalue weighted by atomic mass is 16.5. The van der Waals surface area contributed by atoms with Crippen molar-refractivity contribution in [3.63, 3.8) is 0 Å². The van der Waals surface area contributed by atoms with Crippen LogP contribution in [0.25, 0.3) is 0 Å². The molecule has 98 valence electrons. The lowest BCUT2D eigenvalue weighted by molar-refractivity contribution is -0.147. The minimum absolute atomic E-state index is 0.0803. The number of nitrogens with zero attached hydrogens (tertiary/aromatic N) is 1. The molecular formula is C13H12N2O4. The summed E-state index contributed by atoms with van der Waals surface area (Å²) >= 11 is 0. The molecule has 0 aliphatic rings. The molecule has 6 heteroatoms. The zero-order valence-corrected chi connectivity index (χ0v) is 10.3. The summed E-state index contributed by atoms with van der Waals surface area (Å²) in [6.07, 6.45) is 0.492. The van der Waals surface area contributed by atoms with Crippen LogP contribution in [-0.2, 0) is 14.3 Å². The van der Waals surface area contributed by atoms with Gasteiger partial charge in [-0.2, -0.15) is 5.26 Å². The molecule has 1 amide bonds. The molecule has 1 aromatic carbocycles. The Bertz CT molecular complexity index is 560. The molecule has 2 N–H and O–H groups in total. The van der Waals surface area contributed by atoms with E-state index in [9.17, 15) is 14.4 Å². The lowest BCUT2D eigenvalue weighted by Gasteiger charge is -2.14. The molecular weight excluding hydrogens is 248 g/mol. The molecule has 0 bridgehead atoms. The molecule has 1 atom stereocenters. The van der Waals surface area contributed by atoms with Crippen LogP contribution in [0.2, 0.25) is 0 Å². The van der Waals surface area contributed by atoms with Crippen LogP contribution in [-0.4, -0.2) is 24.8 Å². The van der Waals surface area contributed by atoms with Crippen LogP contribution in [0.4, 0.5) is 0 Å². The van der Waals surface area contributed by atoms with Gasteiger partial charge in [0, 0.05) is 5.56 Å². The van der Waals surface area contributed by atoms with E-state index in [4.69, 9.17) is 15.7 Å². The van der Waals surface area contributed by atoms with Gasteiger partial charge in [0.2, 0.25) is 5.91 Å². The van der Waals surface area contributed by atoms with E-state index in [1.165, 1.54) is 18.2 Å². The summed E-state index contributed by atoms with van der Waals surface area (Å²) < 4.78 is 4.75. The minimum atomic E-state index is -1.39. The number of primary amides is 1. The highest BCUT2D eigenvalue weighted by Gasteiger charge is 2.30. The number of hydrogen-bond donors (Lipinski definition) is 1. The fourth-order valence-electron chi connectivity index (χ4n) is 1.62. The minimum Gasteiger partial charge on any atom is -0.465 e. The van der Waals surface area contributed by atoms with Crippen LogP contribution in [0.3, 0.4) is 0 Å². The van der Waals surface area contributed by atoms with Crippen LogP contribution in [0.15, 0.2) is 18.2 Å². The molecule has 0 aromatic heterocycles. The molecule has 1 aromatic rings. The number of amides is 1. The monoisotopic (exact) mass is 260 g/mol. The van der Waals surface area contributed by atoms with Crippen molar-refractivity contribution >= 4 is 18.2 Å². The van der Waals surface area contributed by atoms with Crippen molar-refractivity contribution in [1.29, 1.82) is 5.26 Å². The summed E-state index contributed by atoms with van der Waals surface area (Å²) in [6, 6.07) is 5.92. The second kappa shape index (κ2) is 6.31. The normalized spacial score (nSPS) is 11.2. The van der Waals surface area contributed by atoms with Crippen LogP contribution in [0.5, 0.6) is 0 Å². The Morgan fingerprint density at radius 3 is 2.68 bits per heavy atom. The average Bonchev–Trinajstić information content (AvgIpc) is 2.38. The predicted molar refractivity (Wildman–Crippen MR) is 65.1 cm³/mol. The van der Waals surface area contributed by atoms with E-state index in [2.05, 4.69) is 0 Å². The van der Waals surface area contributed by atoms with Crippen LogP contribution >= 0.6 is 0 Å². The van der Waals surface area contributed by atoms with Gasteiger partial charge in [-0.15, -0.1) is 0 Å². The molecule has 1 unspecified atom stereocenters. The summed E-state index contributed by atoms with van der Waals surface area (Å²) in [5, 5.41) is 8.82.